The van der Waals surface area contributed by atoms with Crippen LogP contribution in [0.1, 0.15) is 25.1 Å². The van der Waals surface area contributed by atoms with Crippen LogP contribution >= 0.6 is 22.9 Å². The topological polar surface area (TPSA) is 99.1 Å². The number of anilines is 1. The predicted molar refractivity (Wildman–Crippen MR) is 103 cm³/mol. The number of hydrogen-bond acceptors (Lipinski definition) is 9. The van der Waals surface area contributed by atoms with Crippen LogP contribution in [0.2, 0.25) is 5.02 Å². The second kappa shape index (κ2) is 9.89. The molecule has 1 heterocycles. The van der Waals surface area contributed by atoms with E-state index < -0.39 is 5.97 Å². The lowest BCUT2D eigenvalue weighted by molar-refractivity contribution is -0.142. The van der Waals surface area contributed by atoms with E-state index in [1.807, 2.05) is 0 Å². The minimum Gasteiger partial charge on any atom is -0.493 e. The van der Waals surface area contributed by atoms with Gasteiger partial charge in [-0.25, -0.2) is 4.98 Å². The van der Waals surface area contributed by atoms with Crippen LogP contribution in [-0.2, 0) is 20.7 Å². The Hall–Kier alpha value is -2.65. The van der Waals surface area contributed by atoms with E-state index in [2.05, 4.69) is 15.5 Å². The van der Waals surface area contributed by atoms with Crippen molar-refractivity contribution in [2.75, 3.05) is 19.1 Å². The smallest absolute Gasteiger partial charge is 0.311 e. The monoisotopic (exact) mass is 411 g/mol. The summed E-state index contributed by atoms with van der Waals surface area (Å²) in [5, 5.41) is 6.58. The number of rotatable bonds is 8. The van der Waals surface area contributed by atoms with Crippen molar-refractivity contribution in [3.63, 3.8) is 0 Å². The fraction of sp³-hybridized carbons (Fsp3) is 0.294. The van der Waals surface area contributed by atoms with Crippen LogP contribution in [0.4, 0.5) is 5.13 Å². The Morgan fingerprint density at radius 1 is 1.41 bits per heavy atom. The average molecular weight is 412 g/mol. The van der Waals surface area contributed by atoms with Gasteiger partial charge in [0.05, 0.1) is 37.1 Å². The van der Waals surface area contributed by atoms with Crippen molar-refractivity contribution in [1.82, 2.24) is 4.98 Å². The second-order valence-corrected chi connectivity index (χ2v) is 6.39. The number of aromatic nitrogens is 1. The van der Waals surface area contributed by atoms with Crippen molar-refractivity contribution >= 4 is 46.2 Å². The SMILES string of the molecule is CCOC(=O)Cc1csc(NN=Cc2cc(Cl)c(OC(C)=O)c(OC)c2)n1. The highest BCUT2D eigenvalue weighted by Crippen LogP contribution is 2.36. The standard InChI is InChI=1S/C17H18ClN3O5S/c1-4-25-15(23)7-12-9-27-17(20-12)21-19-8-11-5-13(18)16(26-10(2)22)14(6-11)24-3/h5-6,8-9H,4,7H2,1-3H3,(H,20,21). The molecule has 0 amide bonds. The van der Waals surface area contributed by atoms with Gasteiger partial charge in [0.25, 0.3) is 0 Å². The van der Waals surface area contributed by atoms with Crippen LogP contribution < -0.4 is 14.9 Å². The molecule has 0 aliphatic rings. The molecule has 2 rings (SSSR count). The maximum Gasteiger partial charge on any atom is 0.311 e. The molecule has 2 aromatic rings. The Balaban J connectivity index is 2.04. The number of nitrogens with zero attached hydrogens (tertiary/aromatic N) is 2. The molecule has 1 aromatic heterocycles. The van der Waals surface area contributed by atoms with Crippen LogP contribution in [0.15, 0.2) is 22.6 Å². The molecular weight excluding hydrogens is 394 g/mol. The van der Waals surface area contributed by atoms with E-state index in [-0.39, 0.29) is 23.2 Å². The first-order valence-electron chi connectivity index (χ1n) is 7.88. The summed E-state index contributed by atoms with van der Waals surface area (Å²) in [6, 6.07) is 3.21. The molecule has 0 radical (unpaired) electrons. The van der Waals surface area contributed by atoms with Gasteiger partial charge in [-0.1, -0.05) is 11.6 Å². The van der Waals surface area contributed by atoms with E-state index in [0.29, 0.717) is 28.7 Å². The number of nitrogens with one attached hydrogen (secondary N) is 1. The minimum atomic E-state index is -0.499. The highest BCUT2D eigenvalue weighted by molar-refractivity contribution is 7.13. The minimum absolute atomic E-state index is 0.111. The molecule has 0 bridgehead atoms. The van der Waals surface area contributed by atoms with Gasteiger partial charge < -0.3 is 14.2 Å². The summed E-state index contributed by atoms with van der Waals surface area (Å²) < 4.78 is 15.1. The molecule has 0 spiro atoms. The van der Waals surface area contributed by atoms with Crippen LogP contribution in [0.25, 0.3) is 0 Å². The first-order valence-corrected chi connectivity index (χ1v) is 9.13. The number of ether oxygens (including phenoxy) is 3. The van der Waals surface area contributed by atoms with Crippen LogP contribution in [0, 0.1) is 0 Å². The molecule has 144 valence electrons. The highest BCUT2D eigenvalue weighted by Gasteiger charge is 2.13. The number of carbonyl (C=O) groups excluding carboxylic acids is 2. The van der Waals surface area contributed by atoms with Crippen LogP contribution in [0.5, 0.6) is 11.5 Å². The number of methoxy groups -OCH3 is 1. The van der Waals surface area contributed by atoms with Gasteiger partial charge in [-0.2, -0.15) is 5.10 Å². The highest BCUT2D eigenvalue weighted by atomic mass is 35.5. The van der Waals surface area contributed by atoms with E-state index in [9.17, 15) is 9.59 Å². The number of hydrogen-bond donors (Lipinski definition) is 1. The quantitative estimate of drug-likeness (QED) is 0.308. The zero-order valence-corrected chi connectivity index (χ0v) is 16.5. The van der Waals surface area contributed by atoms with Gasteiger partial charge in [-0.15, -0.1) is 11.3 Å². The summed E-state index contributed by atoms with van der Waals surface area (Å²) in [6.07, 6.45) is 1.62. The summed E-state index contributed by atoms with van der Waals surface area (Å²) in [6.45, 7) is 3.36. The summed E-state index contributed by atoms with van der Waals surface area (Å²) in [7, 11) is 1.44. The summed E-state index contributed by atoms with van der Waals surface area (Å²) in [5.74, 6) is -0.362. The number of halogens is 1. The number of hydrazone groups is 1. The van der Waals surface area contributed by atoms with E-state index in [0.717, 1.165) is 0 Å². The molecule has 1 aromatic carbocycles. The Kier molecular flexibility index (Phi) is 7.56. The fourth-order valence-electron chi connectivity index (χ4n) is 2.02. The van der Waals surface area contributed by atoms with Gasteiger partial charge in [-0.05, 0) is 24.6 Å². The van der Waals surface area contributed by atoms with Gasteiger partial charge >= 0.3 is 11.9 Å². The molecule has 0 aliphatic carbocycles. The first-order chi connectivity index (χ1) is 12.9. The molecular formula is C17H18ClN3O5S. The molecule has 8 nitrogen and oxygen atoms in total. The van der Waals surface area contributed by atoms with Crippen LogP contribution in [-0.4, -0.2) is 36.9 Å². The molecule has 10 heteroatoms. The van der Waals surface area contributed by atoms with E-state index in [1.165, 1.54) is 31.6 Å². The van der Waals surface area contributed by atoms with E-state index >= 15 is 0 Å². The van der Waals surface area contributed by atoms with Gasteiger partial charge in [0.2, 0.25) is 5.13 Å². The van der Waals surface area contributed by atoms with Crippen molar-refractivity contribution in [2.45, 2.75) is 20.3 Å². The van der Waals surface area contributed by atoms with Crippen molar-refractivity contribution in [1.29, 1.82) is 0 Å². The molecule has 0 saturated carbocycles. The lowest BCUT2D eigenvalue weighted by atomic mass is 10.2. The first kappa shape index (κ1) is 20.7. The molecule has 0 aliphatic heterocycles. The lowest BCUT2D eigenvalue weighted by Crippen LogP contribution is -2.07. The predicted octanol–water partition coefficient (Wildman–Crippen LogP) is 3.28. The summed E-state index contributed by atoms with van der Waals surface area (Å²) >= 11 is 7.45. The van der Waals surface area contributed by atoms with E-state index in [1.54, 1.807) is 24.4 Å². The van der Waals surface area contributed by atoms with Gasteiger partial charge in [0.15, 0.2) is 11.5 Å². The molecule has 27 heavy (non-hydrogen) atoms. The number of carbonyl (C=O) groups is 2. The van der Waals surface area contributed by atoms with E-state index in [4.69, 9.17) is 25.8 Å². The maximum atomic E-state index is 11.4. The zero-order chi connectivity index (χ0) is 19.8. The molecule has 0 fully saturated rings. The Morgan fingerprint density at radius 3 is 2.85 bits per heavy atom. The van der Waals surface area contributed by atoms with Crippen LogP contribution in [0.3, 0.4) is 0 Å². The Labute approximate surface area is 165 Å². The number of thiazole rings is 1. The third kappa shape index (κ3) is 6.22. The maximum absolute atomic E-state index is 11.4. The van der Waals surface area contributed by atoms with Gasteiger partial charge in [0, 0.05) is 12.3 Å². The molecule has 0 saturated heterocycles. The number of esters is 2. The molecule has 0 unspecified atom stereocenters. The molecule has 1 N–H and O–H groups in total. The van der Waals surface area contributed by atoms with Crippen molar-refractivity contribution in [2.24, 2.45) is 5.10 Å². The summed E-state index contributed by atoms with van der Waals surface area (Å²) in [5.41, 5.74) is 4.01. The van der Waals surface area contributed by atoms with Crippen molar-refractivity contribution in [3.05, 3.63) is 33.8 Å². The van der Waals surface area contributed by atoms with Gasteiger partial charge in [0.1, 0.15) is 0 Å². The van der Waals surface area contributed by atoms with Gasteiger partial charge in [-0.3, -0.25) is 15.0 Å². The third-order valence-corrected chi connectivity index (χ3v) is 4.13. The average Bonchev–Trinajstić information content (AvgIpc) is 3.04. The van der Waals surface area contributed by atoms with Crippen molar-refractivity contribution < 1.29 is 23.8 Å². The second-order valence-electron chi connectivity index (χ2n) is 5.12. The largest absolute Gasteiger partial charge is 0.493 e. The lowest BCUT2D eigenvalue weighted by Gasteiger charge is -2.10. The Morgan fingerprint density at radius 2 is 2.19 bits per heavy atom. The number of benzene rings is 1. The molecule has 0 atom stereocenters. The normalized spacial score (nSPS) is 10.7. The summed E-state index contributed by atoms with van der Waals surface area (Å²) in [4.78, 5) is 26.8. The van der Waals surface area contributed by atoms with Crippen molar-refractivity contribution in [3.8, 4) is 11.5 Å². The zero-order valence-electron chi connectivity index (χ0n) is 14.9. The third-order valence-electron chi connectivity index (χ3n) is 3.05. The fourth-order valence-corrected chi connectivity index (χ4v) is 2.94. The Bertz CT molecular complexity index is 853.